The van der Waals surface area contributed by atoms with E-state index in [4.69, 9.17) is 19.6 Å². The van der Waals surface area contributed by atoms with Crippen molar-refractivity contribution in [1.29, 1.82) is 5.41 Å². The Morgan fingerprint density at radius 1 is 1.07 bits per heavy atom. The normalized spacial score (nSPS) is 10.4. The monoisotopic (exact) mass is 399 g/mol. The van der Waals surface area contributed by atoms with Crippen LogP contribution in [0.15, 0.2) is 41.8 Å². The summed E-state index contributed by atoms with van der Waals surface area (Å²) >= 11 is 1.31. The van der Waals surface area contributed by atoms with Crippen LogP contribution in [0.2, 0.25) is 0 Å². The molecular formula is C19H17N3O5S. The number of nitro benzene ring substituents is 1. The second kappa shape index (κ2) is 8.05. The van der Waals surface area contributed by atoms with Crippen molar-refractivity contribution in [2.75, 3.05) is 21.3 Å². The highest BCUT2D eigenvalue weighted by atomic mass is 32.1. The molecule has 3 rings (SSSR count). The number of thiazole rings is 1. The molecule has 1 heterocycles. The number of nitrogens with zero attached hydrogens (tertiary/aromatic N) is 2. The molecule has 28 heavy (non-hydrogen) atoms. The van der Waals surface area contributed by atoms with Crippen LogP contribution in [0.1, 0.15) is 10.6 Å². The number of benzene rings is 2. The van der Waals surface area contributed by atoms with Crippen molar-refractivity contribution in [2.45, 2.75) is 0 Å². The zero-order valence-corrected chi connectivity index (χ0v) is 16.2. The number of ether oxygens (including phenoxy) is 3. The topological polar surface area (TPSA) is 108 Å². The van der Waals surface area contributed by atoms with E-state index < -0.39 is 4.92 Å². The predicted molar refractivity (Wildman–Crippen MR) is 106 cm³/mol. The lowest BCUT2D eigenvalue weighted by Crippen LogP contribution is -2.04. The first-order valence-electron chi connectivity index (χ1n) is 8.08. The van der Waals surface area contributed by atoms with Gasteiger partial charge in [0, 0.05) is 28.6 Å². The molecule has 9 heteroatoms. The quantitative estimate of drug-likeness (QED) is 0.363. The summed E-state index contributed by atoms with van der Waals surface area (Å²) < 4.78 is 16.0. The number of aromatic nitrogens is 1. The molecule has 0 radical (unpaired) electrons. The van der Waals surface area contributed by atoms with Gasteiger partial charge >= 0.3 is 0 Å². The van der Waals surface area contributed by atoms with Crippen molar-refractivity contribution in [3.05, 3.63) is 62.5 Å². The lowest BCUT2D eigenvalue weighted by atomic mass is 10.1. The summed E-state index contributed by atoms with van der Waals surface area (Å²) in [6.45, 7) is 0. The molecule has 0 aliphatic rings. The van der Waals surface area contributed by atoms with Gasteiger partial charge in [0.25, 0.3) is 5.69 Å². The fraction of sp³-hybridized carbons (Fsp3) is 0.158. The first kappa shape index (κ1) is 19.3. The van der Waals surface area contributed by atoms with E-state index in [-0.39, 0.29) is 11.4 Å². The first-order chi connectivity index (χ1) is 13.5. The summed E-state index contributed by atoms with van der Waals surface area (Å²) in [7, 11) is 4.55. The van der Waals surface area contributed by atoms with Crippen LogP contribution >= 0.6 is 11.3 Å². The highest BCUT2D eigenvalue weighted by Crippen LogP contribution is 2.39. The standard InChI is InChI=1S/C19H17N3O5S/c1-25-15-8-12(9-16(26-2)18(15)27-3)17(20)19-21-14(10-28-19)11-4-6-13(7-5-11)22(23)24/h4-10,20H,1-3H3. The van der Waals surface area contributed by atoms with Gasteiger partial charge in [0.05, 0.1) is 37.7 Å². The molecule has 1 aromatic heterocycles. The Morgan fingerprint density at radius 2 is 1.68 bits per heavy atom. The van der Waals surface area contributed by atoms with Gasteiger partial charge in [-0.25, -0.2) is 4.98 Å². The minimum atomic E-state index is -0.448. The Kier molecular flexibility index (Phi) is 5.55. The number of hydrogen-bond acceptors (Lipinski definition) is 8. The maximum absolute atomic E-state index is 10.8. The average molecular weight is 399 g/mol. The summed E-state index contributed by atoms with van der Waals surface area (Å²) in [5.41, 5.74) is 2.18. The number of methoxy groups -OCH3 is 3. The number of non-ortho nitro benzene ring substituents is 1. The number of rotatable bonds is 7. The third kappa shape index (κ3) is 3.65. The third-order valence-corrected chi connectivity index (χ3v) is 4.91. The highest BCUT2D eigenvalue weighted by molar-refractivity contribution is 7.12. The summed E-state index contributed by atoms with van der Waals surface area (Å²) in [6.07, 6.45) is 0. The zero-order valence-electron chi connectivity index (χ0n) is 15.4. The van der Waals surface area contributed by atoms with Gasteiger partial charge in [-0.1, -0.05) is 0 Å². The summed E-state index contributed by atoms with van der Waals surface area (Å²) in [4.78, 5) is 14.8. The van der Waals surface area contributed by atoms with Gasteiger partial charge in [0.1, 0.15) is 5.01 Å². The van der Waals surface area contributed by atoms with Crippen molar-refractivity contribution in [1.82, 2.24) is 4.98 Å². The second-order valence-corrected chi connectivity index (χ2v) is 6.49. The van der Waals surface area contributed by atoms with Crippen LogP contribution in [0.3, 0.4) is 0 Å². The molecule has 2 aromatic carbocycles. The average Bonchev–Trinajstić information content (AvgIpc) is 3.22. The predicted octanol–water partition coefficient (Wildman–Crippen LogP) is 4.16. The van der Waals surface area contributed by atoms with E-state index in [9.17, 15) is 10.1 Å². The summed E-state index contributed by atoms with van der Waals surface area (Å²) in [6, 6.07) is 9.52. The zero-order chi connectivity index (χ0) is 20.3. The summed E-state index contributed by atoms with van der Waals surface area (Å²) in [5, 5.41) is 21.6. The van der Waals surface area contributed by atoms with Gasteiger partial charge in [-0.2, -0.15) is 0 Å². The first-order valence-corrected chi connectivity index (χ1v) is 8.96. The smallest absolute Gasteiger partial charge is 0.269 e. The van der Waals surface area contributed by atoms with Crippen molar-refractivity contribution >= 4 is 22.7 Å². The molecule has 0 saturated heterocycles. The Labute approximate surface area is 165 Å². The largest absolute Gasteiger partial charge is 0.493 e. The molecule has 0 saturated carbocycles. The van der Waals surface area contributed by atoms with E-state index in [0.717, 1.165) is 5.56 Å². The summed E-state index contributed by atoms with van der Waals surface area (Å²) in [5.74, 6) is 1.36. The molecule has 0 atom stereocenters. The van der Waals surface area contributed by atoms with Gasteiger partial charge in [-0.3, -0.25) is 15.5 Å². The van der Waals surface area contributed by atoms with E-state index in [0.29, 0.717) is 33.5 Å². The number of hydrogen-bond donors (Lipinski definition) is 1. The maximum Gasteiger partial charge on any atom is 0.269 e. The molecule has 0 aliphatic heterocycles. The van der Waals surface area contributed by atoms with Crippen LogP contribution in [0.5, 0.6) is 17.2 Å². The molecule has 3 aromatic rings. The van der Waals surface area contributed by atoms with Crippen molar-refractivity contribution < 1.29 is 19.1 Å². The van der Waals surface area contributed by atoms with Gasteiger partial charge in [0.15, 0.2) is 11.5 Å². The fourth-order valence-corrected chi connectivity index (χ4v) is 3.42. The van der Waals surface area contributed by atoms with Gasteiger partial charge in [0.2, 0.25) is 5.75 Å². The van der Waals surface area contributed by atoms with Gasteiger partial charge in [-0.15, -0.1) is 11.3 Å². The Morgan fingerprint density at radius 3 is 2.18 bits per heavy atom. The van der Waals surface area contributed by atoms with Crippen LogP contribution in [0, 0.1) is 15.5 Å². The Bertz CT molecular complexity index is 1010. The van der Waals surface area contributed by atoms with E-state index >= 15 is 0 Å². The Balaban J connectivity index is 1.93. The van der Waals surface area contributed by atoms with Crippen LogP contribution < -0.4 is 14.2 Å². The molecular weight excluding hydrogens is 382 g/mol. The second-order valence-electron chi connectivity index (χ2n) is 5.63. The molecule has 144 valence electrons. The SMILES string of the molecule is COc1cc(C(=N)c2nc(-c3ccc([N+](=O)[O-])cc3)cs2)cc(OC)c1OC. The minimum absolute atomic E-state index is 0.0179. The molecule has 0 amide bonds. The van der Waals surface area contributed by atoms with Crippen LogP contribution in [0.4, 0.5) is 5.69 Å². The molecule has 0 unspecified atom stereocenters. The molecule has 8 nitrogen and oxygen atoms in total. The lowest BCUT2D eigenvalue weighted by molar-refractivity contribution is -0.384. The van der Waals surface area contributed by atoms with Crippen LogP contribution in [-0.4, -0.2) is 36.9 Å². The van der Waals surface area contributed by atoms with Gasteiger partial charge < -0.3 is 14.2 Å². The minimum Gasteiger partial charge on any atom is -0.493 e. The highest BCUT2D eigenvalue weighted by Gasteiger charge is 2.18. The molecule has 0 aliphatic carbocycles. The van der Waals surface area contributed by atoms with Gasteiger partial charge in [-0.05, 0) is 24.3 Å². The lowest BCUT2D eigenvalue weighted by Gasteiger charge is -2.14. The van der Waals surface area contributed by atoms with E-state index in [2.05, 4.69) is 4.98 Å². The fourth-order valence-electron chi connectivity index (χ4n) is 2.62. The van der Waals surface area contributed by atoms with Crippen LogP contribution in [-0.2, 0) is 0 Å². The molecule has 1 N–H and O–H groups in total. The van der Waals surface area contributed by atoms with Crippen LogP contribution in [0.25, 0.3) is 11.3 Å². The van der Waals surface area contributed by atoms with E-state index in [1.807, 2.05) is 5.38 Å². The van der Waals surface area contributed by atoms with E-state index in [1.54, 1.807) is 24.3 Å². The number of nitro groups is 1. The van der Waals surface area contributed by atoms with Crippen molar-refractivity contribution in [3.63, 3.8) is 0 Å². The number of nitrogens with one attached hydrogen (secondary N) is 1. The molecule has 0 spiro atoms. The molecule has 0 fully saturated rings. The molecule has 0 bridgehead atoms. The van der Waals surface area contributed by atoms with E-state index in [1.165, 1.54) is 44.8 Å². The maximum atomic E-state index is 10.8. The Hall–Kier alpha value is -3.46. The third-order valence-electron chi connectivity index (χ3n) is 4.05. The van der Waals surface area contributed by atoms with Crippen molar-refractivity contribution in [2.24, 2.45) is 0 Å². The van der Waals surface area contributed by atoms with Crippen molar-refractivity contribution in [3.8, 4) is 28.5 Å².